The molecule has 2 unspecified atom stereocenters. The van der Waals surface area contributed by atoms with Crippen LogP contribution in [0.2, 0.25) is 0 Å². The molecular weight excluding hydrogens is 168 g/mol. The lowest BCUT2D eigenvalue weighted by atomic mass is 10.1. The van der Waals surface area contributed by atoms with Crippen LogP contribution in [-0.4, -0.2) is 12.7 Å². The van der Waals surface area contributed by atoms with Crippen molar-refractivity contribution in [1.29, 1.82) is 0 Å². The maximum Gasteiger partial charge on any atom is 0.124 e. The van der Waals surface area contributed by atoms with Gasteiger partial charge in [0, 0.05) is 6.61 Å². The van der Waals surface area contributed by atoms with Crippen molar-refractivity contribution in [1.82, 2.24) is 5.43 Å². The van der Waals surface area contributed by atoms with Gasteiger partial charge in [0.05, 0.1) is 12.4 Å². The van der Waals surface area contributed by atoms with E-state index >= 15 is 0 Å². The van der Waals surface area contributed by atoms with Crippen LogP contribution in [0.1, 0.15) is 24.6 Å². The molecule has 0 aliphatic carbocycles. The van der Waals surface area contributed by atoms with Gasteiger partial charge in [-0.1, -0.05) is 0 Å². The summed E-state index contributed by atoms with van der Waals surface area (Å²) in [6.45, 7) is 0.823. The van der Waals surface area contributed by atoms with Crippen molar-refractivity contribution in [2.75, 3.05) is 6.61 Å². The predicted molar refractivity (Wildman–Crippen MR) is 47.7 cm³/mol. The Hall–Kier alpha value is -0.840. The molecule has 0 bridgehead atoms. The largest absolute Gasteiger partial charge is 0.468 e. The van der Waals surface area contributed by atoms with Gasteiger partial charge in [-0.2, -0.15) is 0 Å². The summed E-state index contributed by atoms with van der Waals surface area (Å²) in [5.74, 6) is 6.30. The molecule has 1 saturated heterocycles. The molecule has 1 aliphatic rings. The zero-order valence-corrected chi connectivity index (χ0v) is 7.40. The molecule has 1 aromatic heterocycles. The van der Waals surface area contributed by atoms with Crippen LogP contribution in [0.15, 0.2) is 22.8 Å². The Morgan fingerprint density at radius 1 is 1.62 bits per heavy atom. The van der Waals surface area contributed by atoms with Gasteiger partial charge >= 0.3 is 0 Å². The monoisotopic (exact) mass is 182 g/mol. The SMILES string of the molecule is NNC(c1ccco1)C1CCCO1. The molecular formula is C9H14N2O2. The highest BCUT2D eigenvalue weighted by atomic mass is 16.5. The minimum Gasteiger partial charge on any atom is -0.468 e. The number of nitrogens with two attached hydrogens (primary N) is 1. The number of hydrazine groups is 1. The Balaban J connectivity index is 2.08. The Kier molecular flexibility index (Phi) is 2.63. The first-order valence-corrected chi connectivity index (χ1v) is 4.53. The molecule has 0 amide bonds. The average molecular weight is 182 g/mol. The number of hydrogen-bond donors (Lipinski definition) is 2. The van der Waals surface area contributed by atoms with E-state index in [1.165, 1.54) is 0 Å². The summed E-state index contributed by atoms with van der Waals surface area (Å²) in [6, 6.07) is 3.75. The van der Waals surface area contributed by atoms with Gasteiger partial charge in [-0.15, -0.1) is 0 Å². The normalized spacial score (nSPS) is 24.8. The molecule has 2 atom stereocenters. The van der Waals surface area contributed by atoms with Crippen molar-refractivity contribution in [3.8, 4) is 0 Å². The molecule has 3 N–H and O–H groups in total. The molecule has 1 aromatic rings. The molecule has 13 heavy (non-hydrogen) atoms. The van der Waals surface area contributed by atoms with E-state index in [1.54, 1.807) is 6.26 Å². The first-order valence-electron chi connectivity index (χ1n) is 4.53. The molecule has 2 rings (SSSR count). The van der Waals surface area contributed by atoms with Crippen LogP contribution in [-0.2, 0) is 4.74 Å². The number of rotatable bonds is 3. The van der Waals surface area contributed by atoms with E-state index in [1.807, 2.05) is 12.1 Å². The van der Waals surface area contributed by atoms with Crippen molar-refractivity contribution in [3.63, 3.8) is 0 Å². The zero-order chi connectivity index (χ0) is 9.10. The third-order valence-corrected chi connectivity index (χ3v) is 2.37. The lowest BCUT2D eigenvalue weighted by Crippen LogP contribution is -2.36. The van der Waals surface area contributed by atoms with Gasteiger partial charge in [0.1, 0.15) is 11.8 Å². The average Bonchev–Trinajstić information content (AvgIpc) is 2.76. The molecule has 0 saturated carbocycles. The molecule has 2 heterocycles. The van der Waals surface area contributed by atoms with Crippen molar-refractivity contribution in [2.45, 2.75) is 25.0 Å². The van der Waals surface area contributed by atoms with Crippen LogP contribution in [0.25, 0.3) is 0 Å². The second-order valence-electron chi connectivity index (χ2n) is 3.21. The van der Waals surface area contributed by atoms with Crippen LogP contribution in [0.3, 0.4) is 0 Å². The van der Waals surface area contributed by atoms with Gasteiger partial charge in [-0.05, 0) is 25.0 Å². The molecule has 4 nitrogen and oxygen atoms in total. The number of nitrogens with one attached hydrogen (secondary N) is 1. The zero-order valence-electron chi connectivity index (χ0n) is 7.40. The summed E-state index contributed by atoms with van der Waals surface area (Å²) >= 11 is 0. The van der Waals surface area contributed by atoms with E-state index in [9.17, 15) is 0 Å². The van der Waals surface area contributed by atoms with Crippen molar-refractivity contribution < 1.29 is 9.15 Å². The summed E-state index contributed by atoms with van der Waals surface area (Å²) in [5.41, 5.74) is 2.73. The maximum atomic E-state index is 5.53. The van der Waals surface area contributed by atoms with Crippen molar-refractivity contribution >= 4 is 0 Å². The third-order valence-electron chi connectivity index (χ3n) is 2.37. The van der Waals surface area contributed by atoms with Crippen LogP contribution < -0.4 is 11.3 Å². The smallest absolute Gasteiger partial charge is 0.124 e. The first kappa shape index (κ1) is 8.74. The quantitative estimate of drug-likeness (QED) is 0.540. The summed E-state index contributed by atoms with van der Waals surface area (Å²) in [5, 5.41) is 0. The van der Waals surface area contributed by atoms with Gasteiger partial charge in [0.25, 0.3) is 0 Å². The second kappa shape index (κ2) is 3.91. The first-order chi connectivity index (χ1) is 6.42. The molecule has 72 valence electrons. The third kappa shape index (κ3) is 1.75. The van der Waals surface area contributed by atoms with Crippen LogP contribution >= 0.6 is 0 Å². The van der Waals surface area contributed by atoms with Crippen molar-refractivity contribution in [3.05, 3.63) is 24.2 Å². The molecule has 1 fully saturated rings. The summed E-state index contributed by atoms with van der Waals surface area (Å²) in [6.07, 6.45) is 3.93. The molecule has 4 heteroatoms. The standard InChI is InChI=1S/C9H14N2O2/c10-11-9(7-3-1-5-12-7)8-4-2-6-13-8/h1,3,5,8-9,11H,2,4,6,10H2. The van der Waals surface area contributed by atoms with E-state index in [4.69, 9.17) is 15.0 Å². The second-order valence-corrected chi connectivity index (χ2v) is 3.21. The highest BCUT2D eigenvalue weighted by Crippen LogP contribution is 2.26. The number of furan rings is 1. The number of ether oxygens (including phenoxy) is 1. The maximum absolute atomic E-state index is 5.53. The van der Waals surface area contributed by atoms with E-state index in [0.717, 1.165) is 25.2 Å². The van der Waals surface area contributed by atoms with Crippen LogP contribution in [0.4, 0.5) is 0 Å². The molecule has 0 radical (unpaired) electrons. The van der Waals surface area contributed by atoms with Gasteiger partial charge in [-0.3, -0.25) is 5.84 Å². The molecule has 1 aliphatic heterocycles. The lowest BCUT2D eigenvalue weighted by Gasteiger charge is -2.19. The van der Waals surface area contributed by atoms with Gasteiger partial charge in [0.2, 0.25) is 0 Å². The minimum atomic E-state index is -0.0162. The molecule has 0 aromatic carbocycles. The van der Waals surface area contributed by atoms with E-state index < -0.39 is 0 Å². The number of hydrogen-bond acceptors (Lipinski definition) is 4. The van der Waals surface area contributed by atoms with E-state index in [0.29, 0.717) is 0 Å². The fourth-order valence-corrected chi connectivity index (χ4v) is 1.71. The Morgan fingerprint density at radius 2 is 2.54 bits per heavy atom. The summed E-state index contributed by atoms with van der Waals surface area (Å²) < 4.78 is 10.8. The Morgan fingerprint density at radius 3 is 3.08 bits per heavy atom. The van der Waals surface area contributed by atoms with E-state index in [2.05, 4.69) is 5.43 Å². The Labute approximate surface area is 77.0 Å². The topological polar surface area (TPSA) is 60.4 Å². The van der Waals surface area contributed by atoms with Gasteiger partial charge in [-0.25, -0.2) is 5.43 Å². The fourth-order valence-electron chi connectivity index (χ4n) is 1.71. The highest BCUT2D eigenvalue weighted by Gasteiger charge is 2.27. The summed E-state index contributed by atoms with van der Waals surface area (Å²) in [4.78, 5) is 0. The summed E-state index contributed by atoms with van der Waals surface area (Å²) in [7, 11) is 0. The van der Waals surface area contributed by atoms with Gasteiger partial charge < -0.3 is 9.15 Å². The van der Waals surface area contributed by atoms with E-state index in [-0.39, 0.29) is 12.1 Å². The van der Waals surface area contributed by atoms with Crippen LogP contribution in [0, 0.1) is 0 Å². The fraction of sp³-hybridized carbons (Fsp3) is 0.556. The lowest BCUT2D eigenvalue weighted by molar-refractivity contribution is 0.0713. The highest BCUT2D eigenvalue weighted by molar-refractivity contribution is 5.06. The molecule has 0 spiro atoms. The van der Waals surface area contributed by atoms with Gasteiger partial charge in [0.15, 0.2) is 0 Å². The minimum absolute atomic E-state index is 0.0162. The Bertz CT molecular complexity index is 242. The van der Waals surface area contributed by atoms with Crippen molar-refractivity contribution in [2.24, 2.45) is 5.84 Å². The predicted octanol–water partition coefficient (Wildman–Crippen LogP) is 0.963. The van der Waals surface area contributed by atoms with Crippen LogP contribution in [0.5, 0.6) is 0 Å².